The summed E-state index contributed by atoms with van der Waals surface area (Å²) in [4.78, 5) is 40.1. The Morgan fingerprint density at radius 1 is 1.12 bits per heavy atom. The van der Waals surface area contributed by atoms with E-state index < -0.39 is 23.3 Å². The number of benzene rings is 2. The molecule has 2 heterocycles. The molecule has 1 fully saturated rings. The third-order valence-electron chi connectivity index (χ3n) is 5.32. The van der Waals surface area contributed by atoms with E-state index in [0.717, 1.165) is 9.80 Å². The topological polar surface area (TPSA) is 104 Å². The Bertz CT molecular complexity index is 1020. The van der Waals surface area contributed by atoms with Crippen molar-refractivity contribution in [3.05, 3.63) is 84.1 Å². The minimum atomic E-state index is -1.29. The maximum atomic E-state index is 13.3. The summed E-state index contributed by atoms with van der Waals surface area (Å²) >= 11 is -1.29. The van der Waals surface area contributed by atoms with E-state index in [1.807, 2.05) is 36.4 Å². The lowest BCUT2D eigenvalue weighted by molar-refractivity contribution is -0.143. The Morgan fingerprint density at radius 2 is 1.76 bits per heavy atom. The predicted molar refractivity (Wildman–Crippen MR) is 125 cm³/mol. The minimum Gasteiger partial charge on any atom is -0.616 e. The summed E-state index contributed by atoms with van der Waals surface area (Å²) in [5.41, 5.74) is 0.697. The molecule has 0 aromatic heterocycles. The first kappa shape index (κ1) is 25.3. The highest BCUT2D eigenvalue weighted by Gasteiger charge is 2.44. The average Bonchev–Trinajstić information content (AvgIpc) is 2.79. The lowest BCUT2D eigenvalue weighted by Crippen LogP contribution is -2.59. The van der Waals surface area contributed by atoms with Crippen molar-refractivity contribution in [3.63, 3.8) is 0 Å². The van der Waals surface area contributed by atoms with E-state index in [0.29, 0.717) is 12.0 Å². The van der Waals surface area contributed by atoms with Crippen LogP contribution in [0.25, 0.3) is 0 Å². The third-order valence-corrected chi connectivity index (χ3v) is 6.17. The van der Waals surface area contributed by atoms with Gasteiger partial charge in [0.15, 0.2) is 0 Å². The van der Waals surface area contributed by atoms with Gasteiger partial charge in [0.25, 0.3) is 0 Å². The molecule has 8 nitrogen and oxygen atoms in total. The zero-order valence-electron chi connectivity index (χ0n) is 18.7. The van der Waals surface area contributed by atoms with Crippen LogP contribution in [0.2, 0.25) is 0 Å². The average molecular weight is 488 g/mol. The summed E-state index contributed by atoms with van der Waals surface area (Å²) in [7, 11) is 0. The molecule has 2 aromatic carbocycles. The molecule has 2 aliphatic rings. The van der Waals surface area contributed by atoms with Gasteiger partial charge in [-0.15, -0.1) is 0 Å². The Kier molecular flexibility index (Phi) is 8.67. The van der Waals surface area contributed by atoms with Crippen molar-refractivity contribution >= 4 is 29.1 Å². The number of fused-ring (bicyclic) bond motifs is 1. The van der Waals surface area contributed by atoms with Crippen LogP contribution in [0.15, 0.2) is 72.7 Å². The van der Waals surface area contributed by atoms with E-state index in [2.05, 4.69) is 0 Å². The molecule has 2 aromatic rings. The van der Waals surface area contributed by atoms with Crippen molar-refractivity contribution in [2.24, 2.45) is 0 Å². The number of halogens is 1. The van der Waals surface area contributed by atoms with E-state index in [1.54, 1.807) is 12.1 Å². The molecular formula is C24H26FN3O5S. The highest BCUT2D eigenvalue weighted by molar-refractivity contribution is 7.90. The first-order valence-corrected chi connectivity index (χ1v) is 12.4. The van der Waals surface area contributed by atoms with Crippen LogP contribution in [0.1, 0.15) is 12.0 Å². The lowest BCUT2D eigenvalue weighted by atomic mass is 10.1. The molecule has 1 N–H and O–H groups in total. The van der Waals surface area contributed by atoms with Gasteiger partial charge in [0.2, 0.25) is 11.8 Å². The first-order valence-electron chi connectivity index (χ1n) is 10.6. The van der Waals surface area contributed by atoms with Crippen molar-refractivity contribution in [1.29, 1.82) is 0 Å². The number of amides is 3. The zero-order chi connectivity index (χ0) is 24.7. The van der Waals surface area contributed by atoms with Gasteiger partial charge in [-0.3, -0.25) is 19.4 Å². The second kappa shape index (κ2) is 11.7. The normalized spacial score (nSPS) is 18.5. The Labute approximate surface area is 200 Å². The van der Waals surface area contributed by atoms with Crippen LogP contribution in [0.3, 0.4) is 0 Å². The van der Waals surface area contributed by atoms with Gasteiger partial charge in [0.05, 0.1) is 18.7 Å². The van der Waals surface area contributed by atoms with E-state index >= 15 is 0 Å². The summed E-state index contributed by atoms with van der Waals surface area (Å²) in [6, 6.07) is 17.2. The number of carboxylic acid groups (broad SMARTS) is 1. The van der Waals surface area contributed by atoms with Crippen LogP contribution in [0, 0.1) is 5.82 Å². The highest BCUT2D eigenvalue weighted by atomic mass is 32.2. The van der Waals surface area contributed by atoms with Gasteiger partial charge < -0.3 is 14.6 Å². The molecule has 3 amide bonds. The van der Waals surface area contributed by atoms with E-state index in [-0.39, 0.29) is 48.7 Å². The molecule has 10 heteroatoms. The number of hydrogen-bond acceptors (Lipinski definition) is 4. The van der Waals surface area contributed by atoms with Gasteiger partial charge >= 0.3 is 6.09 Å². The SMILES string of the molecule is C[S+]([O-])CC1CC(=O)N2CC(=O)N(CCc3cccc(F)c3)C=C2N1C(=O)O.c1ccccc1. The summed E-state index contributed by atoms with van der Waals surface area (Å²) in [6.07, 6.45) is 1.75. The number of carbonyl (C=O) groups excluding carboxylic acids is 2. The molecule has 0 spiro atoms. The summed E-state index contributed by atoms with van der Waals surface area (Å²) in [6.45, 7) is -0.0504. The maximum Gasteiger partial charge on any atom is 0.413 e. The molecule has 0 saturated carbocycles. The smallest absolute Gasteiger partial charge is 0.413 e. The summed E-state index contributed by atoms with van der Waals surface area (Å²) < 4.78 is 24.9. The molecule has 0 radical (unpaired) electrons. The standard InChI is InChI=1S/C18H20FN3O5S.C6H6/c1-28(27)11-14-8-16(23)21-10-17(24)20(9-15(21)22(14)18(25)26)6-5-12-3-2-4-13(19)7-12;1-2-4-6-5-3-1/h2-4,7,9,14H,5-6,8,10-11H2,1H3,(H,25,26);1-6H. The van der Waals surface area contributed by atoms with Crippen LogP contribution in [0.4, 0.5) is 9.18 Å². The van der Waals surface area contributed by atoms with Gasteiger partial charge in [-0.2, -0.15) is 0 Å². The minimum absolute atomic E-state index is 0.0282. The molecule has 1 saturated heterocycles. The third kappa shape index (κ3) is 6.58. The van der Waals surface area contributed by atoms with Gasteiger partial charge in [0.1, 0.15) is 23.9 Å². The van der Waals surface area contributed by atoms with E-state index in [9.17, 15) is 28.4 Å². The molecule has 2 unspecified atom stereocenters. The van der Waals surface area contributed by atoms with Crippen molar-refractivity contribution in [2.45, 2.75) is 18.9 Å². The van der Waals surface area contributed by atoms with Gasteiger partial charge in [-0.1, -0.05) is 59.7 Å². The second-order valence-corrected chi connectivity index (χ2v) is 9.32. The number of rotatable bonds is 5. The van der Waals surface area contributed by atoms with E-state index in [4.69, 9.17) is 0 Å². The van der Waals surface area contributed by atoms with Crippen LogP contribution < -0.4 is 0 Å². The number of carbonyl (C=O) groups is 3. The molecule has 0 aliphatic carbocycles. The second-order valence-electron chi connectivity index (χ2n) is 7.84. The Balaban J connectivity index is 0.000000469. The fourth-order valence-corrected chi connectivity index (χ4v) is 4.57. The number of hydrogen-bond donors (Lipinski definition) is 1. The van der Waals surface area contributed by atoms with Crippen LogP contribution in [-0.4, -0.2) is 73.4 Å². The quantitative estimate of drug-likeness (QED) is 0.653. The fraction of sp³-hybridized carbons (Fsp3) is 0.292. The largest absolute Gasteiger partial charge is 0.616 e. The Morgan fingerprint density at radius 3 is 2.32 bits per heavy atom. The van der Waals surface area contributed by atoms with Crippen LogP contribution in [0.5, 0.6) is 0 Å². The molecular weight excluding hydrogens is 461 g/mol. The monoisotopic (exact) mass is 487 g/mol. The summed E-state index contributed by atoms with van der Waals surface area (Å²) in [5, 5.41) is 9.64. The lowest BCUT2D eigenvalue weighted by Gasteiger charge is -2.44. The van der Waals surface area contributed by atoms with Crippen molar-refractivity contribution < 1.29 is 28.4 Å². The first-order chi connectivity index (χ1) is 16.3. The summed E-state index contributed by atoms with van der Waals surface area (Å²) in [5.74, 6) is -0.996. The van der Waals surface area contributed by atoms with Gasteiger partial charge in [0, 0.05) is 12.7 Å². The maximum absolute atomic E-state index is 13.3. The molecule has 2 aliphatic heterocycles. The van der Waals surface area contributed by atoms with Gasteiger partial charge in [-0.05, 0) is 24.1 Å². The molecule has 180 valence electrons. The van der Waals surface area contributed by atoms with Crippen molar-refractivity contribution in [1.82, 2.24) is 14.7 Å². The van der Waals surface area contributed by atoms with Gasteiger partial charge in [-0.25, -0.2) is 9.18 Å². The Hall–Kier alpha value is -3.37. The predicted octanol–water partition coefficient (Wildman–Crippen LogP) is 2.66. The van der Waals surface area contributed by atoms with E-state index in [1.165, 1.54) is 29.5 Å². The highest BCUT2D eigenvalue weighted by Crippen LogP contribution is 2.28. The molecule has 4 rings (SSSR count). The van der Waals surface area contributed by atoms with Crippen LogP contribution in [-0.2, 0) is 27.2 Å². The van der Waals surface area contributed by atoms with Crippen molar-refractivity contribution in [2.75, 3.05) is 25.1 Å². The van der Waals surface area contributed by atoms with Crippen molar-refractivity contribution in [3.8, 4) is 0 Å². The molecule has 2 atom stereocenters. The fourth-order valence-electron chi connectivity index (χ4n) is 3.76. The van der Waals surface area contributed by atoms with Crippen LogP contribution >= 0.6 is 0 Å². The zero-order valence-corrected chi connectivity index (χ0v) is 19.5. The molecule has 34 heavy (non-hydrogen) atoms. The number of nitrogens with zero attached hydrogens (tertiary/aromatic N) is 3. The molecule has 0 bridgehead atoms.